The number of benzene rings is 1. The van der Waals surface area contributed by atoms with E-state index in [1.165, 1.54) is 6.07 Å². The van der Waals surface area contributed by atoms with Gasteiger partial charge in [0.1, 0.15) is 11.6 Å². The van der Waals surface area contributed by atoms with Crippen LogP contribution in [0.5, 0.6) is 0 Å². The van der Waals surface area contributed by atoms with E-state index in [0.717, 1.165) is 51.1 Å². The van der Waals surface area contributed by atoms with E-state index in [-0.39, 0.29) is 11.6 Å². The molecule has 1 aromatic carbocycles. The molecule has 1 aliphatic carbocycles. The molecule has 0 unspecified atom stereocenters. The minimum Gasteiger partial charge on any atom is -0.374 e. The van der Waals surface area contributed by atoms with Crippen molar-refractivity contribution in [1.82, 2.24) is 5.32 Å². The van der Waals surface area contributed by atoms with Crippen LogP contribution in [0.15, 0.2) is 18.2 Å². The fourth-order valence-electron chi connectivity index (χ4n) is 3.74. The van der Waals surface area contributed by atoms with Gasteiger partial charge >= 0.3 is 0 Å². The number of halogens is 2. The molecule has 2 atom stereocenters. The van der Waals surface area contributed by atoms with Gasteiger partial charge in [-0.05, 0) is 38.7 Å². The highest BCUT2D eigenvalue weighted by molar-refractivity contribution is 5.28. The highest BCUT2D eigenvalue weighted by atomic mass is 19.1. The highest BCUT2D eigenvalue weighted by Crippen LogP contribution is 2.40. The summed E-state index contributed by atoms with van der Waals surface area (Å²) in [6.45, 7) is 2.83. The second-order valence-electron chi connectivity index (χ2n) is 6.44. The van der Waals surface area contributed by atoms with Crippen molar-refractivity contribution < 1.29 is 13.5 Å². The van der Waals surface area contributed by atoms with Crippen molar-refractivity contribution in [3.63, 3.8) is 0 Å². The van der Waals surface area contributed by atoms with E-state index in [1.54, 1.807) is 6.07 Å². The highest BCUT2D eigenvalue weighted by Gasteiger charge is 2.38. The summed E-state index contributed by atoms with van der Waals surface area (Å²) in [6.07, 6.45) is 6.62. The zero-order chi connectivity index (χ0) is 14.9. The number of hydrogen-bond acceptors (Lipinski definition) is 2. The number of nitrogens with one attached hydrogen (secondary N) is 1. The molecule has 0 radical (unpaired) electrons. The predicted octanol–water partition coefficient (Wildman–Crippen LogP) is 3.89. The molecule has 1 saturated heterocycles. The van der Waals surface area contributed by atoms with Gasteiger partial charge in [0.15, 0.2) is 0 Å². The lowest BCUT2D eigenvalue weighted by Crippen LogP contribution is -2.44. The van der Waals surface area contributed by atoms with E-state index in [2.05, 4.69) is 12.2 Å². The molecule has 2 aliphatic rings. The summed E-state index contributed by atoms with van der Waals surface area (Å²) < 4.78 is 33.2. The van der Waals surface area contributed by atoms with Crippen LogP contribution >= 0.6 is 0 Å². The minimum absolute atomic E-state index is 0.209. The van der Waals surface area contributed by atoms with E-state index >= 15 is 0 Å². The van der Waals surface area contributed by atoms with Crippen LogP contribution in [-0.4, -0.2) is 18.8 Å². The Morgan fingerprint density at radius 2 is 2.00 bits per heavy atom. The Bertz CT molecular complexity index is 500. The Morgan fingerprint density at radius 3 is 2.62 bits per heavy atom. The van der Waals surface area contributed by atoms with E-state index in [9.17, 15) is 8.78 Å². The molecule has 0 amide bonds. The van der Waals surface area contributed by atoms with Crippen LogP contribution in [0, 0.1) is 11.6 Å². The Hall–Kier alpha value is -1.00. The first-order valence-electron chi connectivity index (χ1n) is 7.95. The van der Waals surface area contributed by atoms with Crippen molar-refractivity contribution in [1.29, 1.82) is 0 Å². The number of hydrogen-bond donors (Lipinski definition) is 1. The first-order chi connectivity index (χ1) is 10.1. The summed E-state index contributed by atoms with van der Waals surface area (Å²) in [5.74, 6) is -0.956. The van der Waals surface area contributed by atoms with Crippen LogP contribution < -0.4 is 5.32 Å². The fraction of sp³-hybridized carbons (Fsp3) is 0.647. The van der Waals surface area contributed by atoms with Gasteiger partial charge in [0, 0.05) is 23.7 Å². The molecule has 0 spiro atoms. The lowest BCUT2D eigenvalue weighted by Gasteiger charge is -2.32. The van der Waals surface area contributed by atoms with Crippen LogP contribution in [0.2, 0.25) is 0 Å². The monoisotopic (exact) mass is 295 g/mol. The third-order valence-corrected chi connectivity index (χ3v) is 4.89. The second kappa shape index (κ2) is 6.01. The van der Waals surface area contributed by atoms with Gasteiger partial charge in [0.2, 0.25) is 0 Å². The molecule has 2 nitrogen and oxygen atoms in total. The Balaban J connectivity index is 1.76. The van der Waals surface area contributed by atoms with Crippen LogP contribution in [0.25, 0.3) is 0 Å². The summed E-state index contributed by atoms with van der Waals surface area (Å²) >= 11 is 0. The van der Waals surface area contributed by atoms with Crippen LogP contribution in [-0.2, 0) is 10.3 Å². The summed E-state index contributed by atoms with van der Waals surface area (Å²) in [4.78, 5) is 0. The predicted molar refractivity (Wildman–Crippen MR) is 78.1 cm³/mol. The first-order valence-corrected chi connectivity index (χ1v) is 7.95. The Kier molecular flexibility index (Phi) is 4.27. The molecule has 1 N–H and O–H groups in total. The zero-order valence-electron chi connectivity index (χ0n) is 12.5. The Morgan fingerprint density at radius 1 is 1.24 bits per heavy atom. The van der Waals surface area contributed by atoms with E-state index in [4.69, 9.17) is 4.74 Å². The Labute approximate surface area is 124 Å². The molecule has 1 saturated carbocycles. The van der Waals surface area contributed by atoms with Crippen molar-refractivity contribution in [3.8, 4) is 0 Å². The number of rotatable bonds is 4. The average molecular weight is 295 g/mol. The second-order valence-corrected chi connectivity index (χ2v) is 6.44. The van der Waals surface area contributed by atoms with Crippen molar-refractivity contribution >= 4 is 0 Å². The van der Waals surface area contributed by atoms with Crippen molar-refractivity contribution in [2.24, 2.45) is 0 Å². The molecular weight excluding hydrogens is 272 g/mol. The van der Waals surface area contributed by atoms with Gasteiger partial charge in [0.05, 0.1) is 12.2 Å². The average Bonchev–Trinajstić information content (AvgIpc) is 3.06. The normalized spacial score (nSPS) is 28.1. The maximum absolute atomic E-state index is 14.2. The van der Waals surface area contributed by atoms with Crippen LogP contribution in [0.1, 0.15) is 51.0 Å². The van der Waals surface area contributed by atoms with Crippen LogP contribution in [0.3, 0.4) is 0 Å². The zero-order valence-corrected chi connectivity index (χ0v) is 12.5. The van der Waals surface area contributed by atoms with E-state index < -0.39 is 11.6 Å². The third kappa shape index (κ3) is 3.11. The molecule has 1 aliphatic heterocycles. The van der Waals surface area contributed by atoms with E-state index in [1.807, 2.05) is 0 Å². The molecule has 3 rings (SSSR count). The molecule has 4 heteroatoms. The third-order valence-electron chi connectivity index (χ3n) is 4.89. The molecular formula is C17H23F2NO. The molecule has 0 bridgehead atoms. The maximum atomic E-state index is 14.2. The molecule has 1 heterocycles. The molecule has 1 aromatic rings. The van der Waals surface area contributed by atoms with Crippen molar-refractivity contribution in [3.05, 3.63) is 35.4 Å². The van der Waals surface area contributed by atoms with Gasteiger partial charge in [-0.25, -0.2) is 8.78 Å². The molecule has 0 aromatic heterocycles. The quantitative estimate of drug-likeness (QED) is 0.910. The van der Waals surface area contributed by atoms with Crippen LogP contribution in [0.4, 0.5) is 8.78 Å². The van der Waals surface area contributed by atoms with Crippen molar-refractivity contribution in [2.75, 3.05) is 6.54 Å². The van der Waals surface area contributed by atoms with E-state index in [0.29, 0.717) is 11.7 Å². The standard InChI is InChI=1S/C17H23F2NO/c1-12-4-6-14(21-12)11-20-17(8-2-3-9-17)15-7-5-13(18)10-16(15)19/h5,7,10,12,14,20H,2-4,6,8-9,11H2,1H3/t12-,14+/m0/s1. The summed E-state index contributed by atoms with van der Waals surface area (Å²) in [5.41, 5.74) is 0.250. The molecule has 21 heavy (non-hydrogen) atoms. The lowest BCUT2D eigenvalue weighted by molar-refractivity contribution is 0.0500. The first kappa shape index (κ1) is 14.9. The van der Waals surface area contributed by atoms with Gasteiger partial charge in [-0.1, -0.05) is 18.9 Å². The topological polar surface area (TPSA) is 21.3 Å². The van der Waals surface area contributed by atoms with Gasteiger partial charge in [-0.15, -0.1) is 0 Å². The summed E-state index contributed by atoms with van der Waals surface area (Å²) in [7, 11) is 0. The van der Waals surface area contributed by atoms with Crippen molar-refractivity contribution in [2.45, 2.75) is 63.2 Å². The van der Waals surface area contributed by atoms with Gasteiger partial charge in [-0.3, -0.25) is 0 Å². The fourth-order valence-corrected chi connectivity index (χ4v) is 3.74. The minimum atomic E-state index is -0.516. The SMILES string of the molecule is C[C@H]1CC[C@H](CNC2(c3ccc(F)cc3F)CCCC2)O1. The van der Waals surface area contributed by atoms with Gasteiger partial charge in [0.25, 0.3) is 0 Å². The molecule has 116 valence electrons. The molecule has 2 fully saturated rings. The lowest BCUT2D eigenvalue weighted by atomic mass is 9.87. The summed E-state index contributed by atoms with van der Waals surface area (Å²) in [5, 5.41) is 3.55. The largest absolute Gasteiger partial charge is 0.374 e. The van der Waals surface area contributed by atoms with Gasteiger partial charge < -0.3 is 10.1 Å². The maximum Gasteiger partial charge on any atom is 0.131 e. The smallest absolute Gasteiger partial charge is 0.131 e. The summed E-state index contributed by atoms with van der Waals surface area (Å²) in [6, 6.07) is 3.95. The number of ether oxygens (including phenoxy) is 1. The van der Waals surface area contributed by atoms with Gasteiger partial charge in [-0.2, -0.15) is 0 Å².